The number of hydrogen-bond donors (Lipinski definition) is 2. The maximum atomic E-state index is 12.3. The Balaban J connectivity index is 2.22. The van der Waals surface area contributed by atoms with Crippen molar-refractivity contribution in [1.82, 2.24) is 0 Å². The zero-order valence-electron chi connectivity index (χ0n) is 10.5. The highest BCUT2D eigenvalue weighted by molar-refractivity contribution is 7.84. The Morgan fingerprint density at radius 3 is 2.53 bits per heavy atom. The number of hydrogen-bond acceptors (Lipinski definition) is 4. The lowest BCUT2D eigenvalue weighted by Crippen LogP contribution is -2.01. The molecule has 0 fully saturated rings. The van der Waals surface area contributed by atoms with E-state index in [0.717, 1.165) is 5.56 Å². The van der Waals surface area contributed by atoms with Crippen LogP contribution in [-0.4, -0.2) is 16.4 Å². The number of nitrogen functional groups attached to an aromatic ring is 1. The lowest BCUT2D eigenvalue weighted by molar-refractivity contribution is 0.413. The Kier molecular flexibility index (Phi) is 4.06. The summed E-state index contributed by atoms with van der Waals surface area (Å²) >= 11 is 0. The van der Waals surface area contributed by atoms with Crippen LogP contribution in [0, 0.1) is 0 Å². The number of phenols is 1. The summed E-state index contributed by atoms with van der Waals surface area (Å²) in [5.41, 5.74) is 7.19. The van der Waals surface area contributed by atoms with Crippen LogP contribution >= 0.6 is 0 Å². The smallest absolute Gasteiger partial charge is 0.120 e. The Labute approximate surface area is 114 Å². The molecule has 1 unspecified atom stereocenters. The van der Waals surface area contributed by atoms with Crippen molar-refractivity contribution in [3.8, 4) is 11.5 Å². The van der Waals surface area contributed by atoms with E-state index in [-0.39, 0.29) is 5.75 Å². The molecule has 1 atom stereocenters. The van der Waals surface area contributed by atoms with Gasteiger partial charge in [-0.3, -0.25) is 4.21 Å². The summed E-state index contributed by atoms with van der Waals surface area (Å²) < 4.78 is 17.4. The molecule has 0 aliphatic carbocycles. The van der Waals surface area contributed by atoms with Crippen LogP contribution in [-0.2, 0) is 16.6 Å². The predicted octanol–water partition coefficient (Wildman–Crippen LogP) is 2.29. The molecule has 0 aliphatic heterocycles. The van der Waals surface area contributed by atoms with E-state index in [1.807, 2.05) is 0 Å². The molecule has 2 aromatic carbocycles. The van der Waals surface area contributed by atoms with Crippen LogP contribution in [0.5, 0.6) is 11.5 Å². The summed E-state index contributed by atoms with van der Waals surface area (Å²) in [6.07, 6.45) is 0. The van der Waals surface area contributed by atoms with Gasteiger partial charge in [-0.25, -0.2) is 0 Å². The zero-order valence-corrected chi connectivity index (χ0v) is 11.3. The maximum absolute atomic E-state index is 12.3. The summed E-state index contributed by atoms with van der Waals surface area (Å²) in [6.45, 7) is 0. The molecule has 5 heteroatoms. The molecule has 3 N–H and O–H groups in total. The van der Waals surface area contributed by atoms with Crippen LogP contribution in [0.15, 0.2) is 47.4 Å². The van der Waals surface area contributed by atoms with Gasteiger partial charge in [0, 0.05) is 5.69 Å². The van der Waals surface area contributed by atoms with E-state index >= 15 is 0 Å². The number of benzene rings is 2. The highest BCUT2D eigenvalue weighted by Crippen LogP contribution is 2.24. The van der Waals surface area contributed by atoms with Crippen molar-refractivity contribution in [2.24, 2.45) is 0 Å². The van der Waals surface area contributed by atoms with Crippen LogP contribution < -0.4 is 10.5 Å². The Hall–Kier alpha value is -2.01. The van der Waals surface area contributed by atoms with Gasteiger partial charge < -0.3 is 15.6 Å². The number of nitrogens with two attached hydrogens (primary N) is 1. The Morgan fingerprint density at radius 1 is 1.21 bits per heavy atom. The SMILES string of the molecule is COc1ccc(N)c(S(=O)Cc2ccc(O)cc2)c1. The lowest BCUT2D eigenvalue weighted by atomic mass is 10.2. The first kappa shape index (κ1) is 13.4. The molecule has 0 amide bonds. The van der Waals surface area contributed by atoms with E-state index in [1.165, 1.54) is 0 Å². The average Bonchev–Trinajstić information content (AvgIpc) is 2.42. The second-order valence-electron chi connectivity index (χ2n) is 4.06. The van der Waals surface area contributed by atoms with Crippen LogP contribution in [0.2, 0.25) is 0 Å². The fourth-order valence-electron chi connectivity index (χ4n) is 1.66. The highest BCUT2D eigenvalue weighted by Gasteiger charge is 2.10. The number of aromatic hydroxyl groups is 1. The highest BCUT2D eigenvalue weighted by atomic mass is 32.2. The number of anilines is 1. The summed E-state index contributed by atoms with van der Waals surface area (Å²) in [4.78, 5) is 0.562. The first-order valence-corrected chi connectivity index (χ1v) is 7.02. The minimum atomic E-state index is -1.25. The summed E-state index contributed by atoms with van der Waals surface area (Å²) in [5.74, 6) is 1.16. The quantitative estimate of drug-likeness (QED) is 0.841. The first-order chi connectivity index (χ1) is 9.10. The maximum Gasteiger partial charge on any atom is 0.120 e. The third-order valence-corrected chi connectivity index (χ3v) is 4.14. The van der Waals surface area contributed by atoms with Gasteiger partial charge in [0.2, 0.25) is 0 Å². The van der Waals surface area contributed by atoms with Crippen molar-refractivity contribution in [3.63, 3.8) is 0 Å². The van der Waals surface area contributed by atoms with Gasteiger partial charge in [-0.2, -0.15) is 0 Å². The predicted molar refractivity (Wildman–Crippen MR) is 75.6 cm³/mol. The van der Waals surface area contributed by atoms with Crippen LogP contribution in [0.1, 0.15) is 5.56 Å². The van der Waals surface area contributed by atoms with Gasteiger partial charge in [-0.15, -0.1) is 0 Å². The van der Waals surface area contributed by atoms with Gasteiger partial charge >= 0.3 is 0 Å². The molecule has 100 valence electrons. The molecule has 0 bridgehead atoms. The van der Waals surface area contributed by atoms with Gasteiger partial charge in [0.1, 0.15) is 11.5 Å². The summed E-state index contributed by atoms with van der Waals surface area (Å²) in [6, 6.07) is 11.7. The standard InChI is InChI=1S/C14H15NO3S/c1-18-12-6-7-13(15)14(8-12)19(17)9-10-2-4-11(16)5-3-10/h2-8,16H,9,15H2,1H3. The minimum Gasteiger partial charge on any atom is -0.508 e. The van der Waals surface area contributed by atoms with Crippen LogP contribution in [0.25, 0.3) is 0 Å². The molecule has 0 heterocycles. The molecule has 4 nitrogen and oxygen atoms in total. The number of rotatable bonds is 4. The van der Waals surface area contributed by atoms with Crippen molar-refractivity contribution >= 4 is 16.5 Å². The van der Waals surface area contributed by atoms with Gasteiger partial charge in [-0.1, -0.05) is 12.1 Å². The second-order valence-corrected chi connectivity index (χ2v) is 5.48. The first-order valence-electron chi connectivity index (χ1n) is 5.70. The van der Waals surface area contributed by atoms with Crippen molar-refractivity contribution in [3.05, 3.63) is 48.0 Å². The Bertz CT molecular complexity index is 596. The molecular weight excluding hydrogens is 262 g/mol. The normalized spacial score (nSPS) is 12.1. The summed E-state index contributed by atoms with van der Waals surface area (Å²) in [7, 11) is 0.303. The third-order valence-electron chi connectivity index (χ3n) is 2.70. The van der Waals surface area contributed by atoms with E-state index in [2.05, 4.69) is 0 Å². The van der Waals surface area contributed by atoms with E-state index in [0.29, 0.717) is 22.1 Å². The molecule has 0 radical (unpaired) electrons. The van der Waals surface area contributed by atoms with Crippen molar-refractivity contribution in [2.75, 3.05) is 12.8 Å². The summed E-state index contributed by atoms with van der Waals surface area (Å²) in [5, 5.41) is 9.21. The number of methoxy groups -OCH3 is 1. The van der Waals surface area contributed by atoms with Gasteiger partial charge in [0.25, 0.3) is 0 Å². The molecule has 2 aromatic rings. The molecule has 2 rings (SSSR count). The molecular formula is C14H15NO3S. The van der Waals surface area contributed by atoms with Gasteiger partial charge in [0.15, 0.2) is 0 Å². The van der Waals surface area contributed by atoms with Crippen molar-refractivity contribution in [2.45, 2.75) is 10.6 Å². The Morgan fingerprint density at radius 2 is 1.89 bits per heavy atom. The molecule has 0 aromatic heterocycles. The van der Waals surface area contributed by atoms with Crippen molar-refractivity contribution < 1.29 is 14.1 Å². The number of phenolic OH excluding ortho intramolecular Hbond substituents is 1. The molecule has 0 saturated carbocycles. The van der Waals surface area contributed by atoms with Crippen LogP contribution in [0.4, 0.5) is 5.69 Å². The number of ether oxygens (including phenoxy) is 1. The lowest BCUT2D eigenvalue weighted by Gasteiger charge is -2.08. The van der Waals surface area contributed by atoms with E-state index in [4.69, 9.17) is 10.5 Å². The third kappa shape index (κ3) is 3.26. The van der Waals surface area contributed by atoms with E-state index in [9.17, 15) is 9.32 Å². The second kappa shape index (κ2) is 5.75. The monoisotopic (exact) mass is 277 g/mol. The molecule has 0 spiro atoms. The van der Waals surface area contributed by atoms with Crippen molar-refractivity contribution in [1.29, 1.82) is 0 Å². The fraction of sp³-hybridized carbons (Fsp3) is 0.143. The average molecular weight is 277 g/mol. The van der Waals surface area contributed by atoms with E-state index in [1.54, 1.807) is 49.6 Å². The molecule has 0 aliphatic rings. The van der Waals surface area contributed by atoms with Crippen LogP contribution in [0.3, 0.4) is 0 Å². The largest absolute Gasteiger partial charge is 0.508 e. The topological polar surface area (TPSA) is 72.5 Å². The van der Waals surface area contributed by atoms with E-state index < -0.39 is 10.8 Å². The zero-order chi connectivity index (χ0) is 13.8. The van der Waals surface area contributed by atoms with Gasteiger partial charge in [-0.05, 0) is 35.9 Å². The minimum absolute atomic E-state index is 0.190. The fourth-order valence-corrected chi connectivity index (χ4v) is 2.89. The molecule has 0 saturated heterocycles. The van der Waals surface area contributed by atoms with Gasteiger partial charge in [0.05, 0.1) is 28.6 Å². The molecule has 19 heavy (non-hydrogen) atoms.